The smallest absolute Gasteiger partial charge is 0.423 e. The van der Waals surface area contributed by atoms with Crippen LogP contribution in [-0.4, -0.2) is 33.6 Å². The van der Waals surface area contributed by atoms with Crippen molar-refractivity contribution in [3.8, 4) is 0 Å². The third-order valence-electron chi connectivity index (χ3n) is 3.22. The van der Waals surface area contributed by atoms with Crippen LogP contribution in [0.1, 0.15) is 39.1 Å². The molecule has 0 aliphatic carbocycles. The number of hydrogen-bond acceptors (Lipinski definition) is 5. The quantitative estimate of drug-likeness (QED) is 0.752. The standard InChI is InChI=1S/C11H20BNO4/c1-7-9(8(2)16-13-7)12(15)17-11(5,6)10(3,4)14/h14-15H,1-6H3. The molecule has 0 unspecified atom stereocenters. The fraction of sp³-hybridized carbons (Fsp3) is 0.727. The van der Waals surface area contributed by atoms with Gasteiger partial charge in [0.15, 0.2) is 0 Å². The lowest BCUT2D eigenvalue weighted by Gasteiger charge is -2.38. The molecule has 0 aliphatic rings. The number of hydrogen-bond donors (Lipinski definition) is 2. The van der Waals surface area contributed by atoms with Crippen LogP contribution < -0.4 is 5.46 Å². The van der Waals surface area contributed by atoms with E-state index in [0.717, 1.165) is 0 Å². The second-order valence-corrected chi connectivity index (χ2v) is 5.28. The molecule has 5 nitrogen and oxygen atoms in total. The molecule has 1 heterocycles. The van der Waals surface area contributed by atoms with Crippen LogP contribution >= 0.6 is 0 Å². The van der Waals surface area contributed by atoms with Gasteiger partial charge in [-0.05, 0) is 41.5 Å². The zero-order valence-electron chi connectivity index (χ0n) is 11.2. The summed E-state index contributed by atoms with van der Waals surface area (Å²) in [4.78, 5) is 0. The Hall–Kier alpha value is -0.845. The first kappa shape index (κ1) is 14.2. The Kier molecular flexibility index (Phi) is 3.71. The first-order chi connectivity index (χ1) is 7.56. The van der Waals surface area contributed by atoms with Gasteiger partial charge in [-0.3, -0.25) is 0 Å². The van der Waals surface area contributed by atoms with Gasteiger partial charge in [0.1, 0.15) is 5.76 Å². The first-order valence-corrected chi connectivity index (χ1v) is 5.57. The predicted octanol–water partition coefficient (Wildman–Crippen LogP) is 0.545. The molecule has 1 rings (SSSR count). The Morgan fingerprint density at radius 2 is 1.76 bits per heavy atom. The summed E-state index contributed by atoms with van der Waals surface area (Å²) in [6.45, 7) is 10.1. The summed E-state index contributed by atoms with van der Waals surface area (Å²) in [6.07, 6.45) is 0. The Labute approximate surface area is 102 Å². The molecule has 0 atom stereocenters. The largest absolute Gasteiger partial charge is 0.497 e. The molecule has 6 heteroatoms. The van der Waals surface area contributed by atoms with Crippen molar-refractivity contribution in [3.63, 3.8) is 0 Å². The van der Waals surface area contributed by atoms with E-state index in [-0.39, 0.29) is 0 Å². The van der Waals surface area contributed by atoms with Crippen LogP contribution in [-0.2, 0) is 4.65 Å². The van der Waals surface area contributed by atoms with E-state index in [0.29, 0.717) is 16.9 Å². The molecular formula is C11H20BNO4. The fourth-order valence-electron chi connectivity index (χ4n) is 1.32. The third-order valence-corrected chi connectivity index (χ3v) is 3.22. The van der Waals surface area contributed by atoms with Crippen LogP contribution in [0.2, 0.25) is 0 Å². The Morgan fingerprint density at radius 3 is 2.12 bits per heavy atom. The molecule has 0 aromatic carbocycles. The maximum Gasteiger partial charge on any atom is 0.497 e. The molecule has 0 amide bonds. The summed E-state index contributed by atoms with van der Waals surface area (Å²) in [5.74, 6) is 0.515. The number of nitrogens with zero attached hydrogens (tertiary/aromatic N) is 1. The van der Waals surface area contributed by atoms with Crippen LogP contribution in [0.25, 0.3) is 0 Å². The number of rotatable bonds is 4. The zero-order valence-corrected chi connectivity index (χ0v) is 11.2. The maximum absolute atomic E-state index is 10.0. The van der Waals surface area contributed by atoms with Crippen molar-refractivity contribution in [3.05, 3.63) is 11.5 Å². The Morgan fingerprint density at radius 1 is 1.24 bits per heavy atom. The first-order valence-electron chi connectivity index (χ1n) is 5.57. The van der Waals surface area contributed by atoms with Gasteiger partial charge in [-0.2, -0.15) is 0 Å². The number of aliphatic hydroxyl groups is 1. The highest BCUT2D eigenvalue weighted by molar-refractivity contribution is 6.61. The molecule has 96 valence electrons. The van der Waals surface area contributed by atoms with Crippen LogP contribution in [0.5, 0.6) is 0 Å². The van der Waals surface area contributed by atoms with Crippen LogP contribution in [0.4, 0.5) is 0 Å². The van der Waals surface area contributed by atoms with Gasteiger partial charge in [0.2, 0.25) is 0 Å². The highest BCUT2D eigenvalue weighted by atomic mass is 16.6. The fourth-order valence-corrected chi connectivity index (χ4v) is 1.32. The highest BCUT2D eigenvalue weighted by Gasteiger charge is 2.41. The van der Waals surface area contributed by atoms with Crippen molar-refractivity contribution in [2.24, 2.45) is 0 Å². The summed E-state index contributed by atoms with van der Waals surface area (Å²) in [5.41, 5.74) is -0.876. The van der Waals surface area contributed by atoms with Crippen LogP contribution in [0.3, 0.4) is 0 Å². The van der Waals surface area contributed by atoms with Crippen molar-refractivity contribution in [2.45, 2.75) is 52.7 Å². The summed E-state index contributed by atoms with van der Waals surface area (Å²) < 4.78 is 10.5. The topological polar surface area (TPSA) is 75.7 Å². The molecule has 1 aromatic rings. The summed E-state index contributed by atoms with van der Waals surface area (Å²) in [6, 6.07) is 0. The molecule has 0 aliphatic heterocycles. The molecule has 2 N–H and O–H groups in total. The third kappa shape index (κ3) is 2.88. The monoisotopic (exact) mass is 241 g/mol. The van der Waals surface area contributed by atoms with E-state index in [9.17, 15) is 10.1 Å². The molecule has 0 spiro atoms. The van der Waals surface area contributed by atoms with Crippen molar-refractivity contribution < 1.29 is 19.3 Å². The van der Waals surface area contributed by atoms with Gasteiger partial charge in [-0.25, -0.2) is 0 Å². The van der Waals surface area contributed by atoms with Gasteiger partial charge in [-0.1, -0.05) is 5.16 Å². The molecule has 0 radical (unpaired) electrons. The van der Waals surface area contributed by atoms with Gasteiger partial charge in [0, 0.05) is 5.46 Å². The average Bonchev–Trinajstić information content (AvgIpc) is 2.43. The number of aromatic nitrogens is 1. The lowest BCUT2D eigenvalue weighted by Crippen LogP contribution is -2.53. The molecule has 0 fully saturated rings. The van der Waals surface area contributed by atoms with E-state index in [1.54, 1.807) is 41.5 Å². The molecule has 0 bridgehead atoms. The van der Waals surface area contributed by atoms with Crippen molar-refractivity contribution in [1.82, 2.24) is 5.16 Å². The average molecular weight is 241 g/mol. The molecular weight excluding hydrogens is 221 g/mol. The number of aryl methyl sites for hydroxylation is 2. The molecule has 0 saturated heterocycles. The van der Waals surface area contributed by atoms with Gasteiger partial charge in [0.05, 0.1) is 16.9 Å². The van der Waals surface area contributed by atoms with E-state index in [1.807, 2.05) is 0 Å². The van der Waals surface area contributed by atoms with Gasteiger partial charge >= 0.3 is 7.12 Å². The second kappa shape index (κ2) is 4.44. The molecule has 0 saturated carbocycles. The molecule has 17 heavy (non-hydrogen) atoms. The lowest BCUT2D eigenvalue weighted by molar-refractivity contribution is -0.0983. The van der Waals surface area contributed by atoms with E-state index >= 15 is 0 Å². The minimum atomic E-state index is -1.16. The predicted molar refractivity (Wildman–Crippen MR) is 65.0 cm³/mol. The summed E-state index contributed by atoms with van der Waals surface area (Å²) in [7, 11) is -1.16. The maximum atomic E-state index is 10.0. The van der Waals surface area contributed by atoms with Crippen molar-refractivity contribution >= 4 is 12.6 Å². The van der Waals surface area contributed by atoms with E-state index < -0.39 is 18.3 Å². The van der Waals surface area contributed by atoms with Crippen LogP contribution in [0, 0.1) is 13.8 Å². The SMILES string of the molecule is Cc1noc(C)c1B(O)OC(C)(C)C(C)(C)O. The summed E-state index contributed by atoms with van der Waals surface area (Å²) >= 11 is 0. The Balaban J connectivity index is 2.91. The second-order valence-electron chi connectivity index (χ2n) is 5.28. The van der Waals surface area contributed by atoms with Gasteiger partial charge < -0.3 is 19.3 Å². The van der Waals surface area contributed by atoms with E-state index in [1.165, 1.54) is 0 Å². The zero-order chi connectivity index (χ0) is 13.4. The minimum absolute atomic E-state index is 0.515. The minimum Gasteiger partial charge on any atom is -0.423 e. The van der Waals surface area contributed by atoms with E-state index in [2.05, 4.69) is 5.16 Å². The Bertz CT molecular complexity index is 375. The van der Waals surface area contributed by atoms with Gasteiger partial charge in [-0.15, -0.1) is 0 Å². The van der Waals surface area contributed by atoms with Crippen LogP contribution in [0.15, 0.2) is 4.52 Å². The summed E-state index contributed by atoms with van der Waals surface area (Å²) in [5, 5.41) is 23.7. The van der Waals surface area contributed by atoms with Gasteiger partial charge in [0.25, 0.3) is 0 Å². The normalized spacial score (nSPS) is 12.9. The molecule has 1 aromatic heterocycles. The van der Waals surface area contributed by atoms with E-state index in [4.69, 9.17) is 9.18 Å². The van der Waals surface area contributed by atoms with Crippen molar-refractivity contribution in [1.29, 1.82) is 0 Å². The lowest BCUT2D eigenvalue weighted by atomic mass is 9.75. The highest BCUT2D eigenvalue weighted by Crippen LogP contribution is 2.25. The van der Waals surface area contributed by atoms with Crippen molar-refractivity contribution in [2.75, 3.05) is 0 Å².